The third-order valence-electron chi connectivity index (χ3n) is 3.63. The van der Waals surface area contributed by atoms with Gasteiger partial charge in [0.25, 0.3) is 11.4 Å². The van der Waals surface area contributed by atoms with Crippen LogP contribution in [-0.4, -0.2) is 22.4 Å². The molecule has 0 aliphatic carbocycles. The fourth-order valence-corrected chi connectivity index (χ4v) is 2.34. The molecule has 9 heteroatoms. The van der Waals surface area contributed by atoms with Gasteiger partial charge in [0, 0.05) is 35.1 Å². The maximum absolute atomic E-state index is 11.6. The summed E-state index contributed by atoms with van der Waals surface area (Å²) >= 11 is 0. The van der Waals surface area contributed by atoms with Crippen molar-refractivity contribution < 1.29 is 19.4 Å². The van der Waals surface area contributed by atoms with Crippen molar-refractivity contribution in [1.29, 1.82) is 0 Å². The number of carbonyl (C=O) groups excluding carboxylic acids is 1. The first-order valence-corrected chi connectivity index (χ1v) is 7.76. The summed E-state index contributed by atoms with van der Waals surface area (Å²) in [6.07, 6.45) is -0.208. The Hall–Kier alpha value is -3.49. The number of esters is 1. The van der Waals surface area contributed by atoms with Crippen molar-refractivity contribution in [3.63, 3.8) is 0 Å². The predicted octanol–water partition coefficient (Wildman–Crippen LogP) is 3.66. The molecule has 0 amide bonds. The fourth-order valence-electron chi connectivity index (χ4n) is 2.34. The summed E-state index contributed by atoms with van der Waals surface area (Å²) in [7, 11) is 0. The summed E-state index contributed by atoms with van der Waals surface area (Å²) in [5.74, 6) is -0.550. The molecule has 0 aliphatic heterocycles. The number of nitro benzene ring substituents is 2. The third kappa shape index (κ3) is 4.53. The Morgan fingerprint density at radius 3 is 2.46 bits per heavy atom. The number of benzene rings is 2. The van der Waals surface area contributed by atoms with Gasteiger partial charge in [-0.05, 0) is 31.5 Å². The highest BCUT2D eigenvalue weighted by Crippen LogP contribution is 2.29. The maximum atomic E-state index is 11.6. The van der Waals surface area contributed by atoms with Crippen molar-refractivity contribution >= 4 is 28.7 Å². The summed E-state index contributed by atoms with van der Waals surface area (Å²) in [5, 5.41) is 25.2. The molecule has 26 heavy (non-hydrogen) atoms. The largest absolute Gasteiger partial charge is 0.466 e. The van der Waals surface area contributed by atoms with Crippen LogP contribution in [0.5, 0.6) is 0 Å². The molecule has 0 spiro atoms. The van der Waals surface area contributed by atoms with Gasteiger partial charge in [0.2, 0.25) is 0 Å². The molecule has 9 nitrogen and oxygen atoms in total. The van der Waals surface area contributed by atoms with E-state index < -0.39 is 15.8 Å². The van der Waals surface area contributed by atoms with E-state index in [0.29, 0.717) is 11.4 Å². The molecule has 0 radical (unpaired) electrons. The fraction of sp³-hybridized carbons (Fsp3) is 0.235. The number of nitrogens with one attached hydrogen (secondary N) is 1. The van der Waals surface area contributed by atoms with Crippen molar-refractivity contribution in [3.05, 3.63) is 67.8 Å². The number of carbonyl (C=O) groups is 1. The van der Waals surface area contributed by atoms with E-state index in [1.54, 1.807) is 26.0 Å². The first-order chi connectivity index (χ1) is 12.3. The number of ether oxygens (including phenoxy) is 1. The number of nitro groups is 2. The molecule has 136 valence electrons. The summed E-state index contributed by atoms with van der Waals surface area (Å²) in [6.45, 7) is 3.61. The molecular formula is C17H17N3O6. The van der Waals surface area contributed by atoms with Crippen LogP contribution in [0.3, 0.4) is 0 Å². The number of anilines is 2. The topological polar surface area (TPSA) is 125 Å². The Balaban J connectivity index is 2.33. The molecule has 2 aromatic carbocycles. The highest BCUT2D eigenvalue weighted by molar-refractivity contribution is 5.76. The van der Waals surface area contributed by atoms with Crippen LogP contribution in [0.4, 0.5) is 22.7 Å². The van der Waals surface area contributed by atoms with E-state index in [0.717, 1.165) is 5.56 Å². The molecule has 0 unspecified atom stereocenters. The molecule has 0 aliphatic rings. The van der Waals surface area contributed by atoms with E-state index >= 15 is 0 Å². The van der Waals surface area contributed by atoms with Crippen molar-refractivity contribution in [2.75, 3.05) is 11.9 Å². The van der Waals surface area contributed by atoms with Gasteiger partial charge in [0.1, 0.15) is 0 Å². The smallest absolute Gasteiger partial charge is 0.310 e. The Morgan fingerprint density at radius 2 is 1.85 bits per heavy atom. The van der Waals surface area contributed by atoms with E-state index in [4.69, 9.17) is 4.74 Å². The van der Waals surface area contributed by atoms with Crippen LogP contribution in [0.25, 0.3) is 0 Å². The highest BCUT2D eigenvalue weighted by Gasteiger charge is 2.18. The predicted molar refractivity (Wildman–Crippen MR) is 94.5 cm³/mol. The van der Waals surface area contributed by atoms with Crippen LogP contribution in [0, 0.1) is 27.2 Å². The first-order valence-electron chi connectivity index (χ1n) is 7.76. The second-order valence-electron chi connectivity index (χ2n) is 5.46. The number of rotatable bonds is 7. The monoisotopic (exact) mass is 359 g/mol. The number of non-ortho nitro benzene ring substituents is 1. The zero-order valence-corrected chi connectivity index (χ0v) is 14.2. The van der Waals surface area contributed by atoms with E-state index in [1.807, 2.05) is 0 Å². The van der Waals surface area contributed by atoms with E-state index in [9.17, 15) is 25.0 Å². The second kappa shape index (κ2) is 8.06. The minimum Gasteiger partial charge on any atom is -0.466 e. The van der Waals surface area contributed by atoms with Crippen LogP contribution in [0.1, 0.15) is 18.1 Å². The van der Waals surface area contributed by atoms with Gasteiger partial charge in [-0.3, -0.25) is 25.0 Å². The van der Waals surface area contributed by atoms with Gasteiger partial charge in [-0.2, -0.15) is 0 Å². The Bertz CT molecular complexity index is 866. The summed E-state index contributed by atoms with van der Waals surface area (Å²) in [5.41, 5.74) is 1.50. The average Bonchev–Trinajstić information content (AvgIpc) is 2.58. The molecule has 0 fully saturated rings. The molecular weight excluding hydrogens is 342 g/mol. The minimum atomic E-state index is -0.583. The standard InChI is InChI=1S/C17H17N3O6/c1-3-26-17(21)8-12-5-6-13(9-16(12)20(24)25)18-15-10-14(19(22)23)7-4-11(15)2/h4-7,9-10,18H,3,8H2,1-2H3. The maximum Gasteiger partial charge on any atom is 0.310 e. The summed E-state index contributed by atoms with van der Waals surface area (Å²) in [4.78, 5) is 32.7. The number of aryl methyl sites for hydroxylation is 1. The lowest BCUT2D eigenvalue weighted by Gasteiger charge is -2.11. The van der Waals surface area contributed by atoms with E-state index in [-0.39, 0.29) is 30.0 Å². The molecule has 0 aromatic heterocycles. The van der Waals surface area contributed by atoms with Gasteiger partial charge in [-0.1, -0.05) is 6.07 Å². The van der Waals surface area contributed by atoms with E-state index in [1.165, 1.54) is 24.3 Å². The molecule has 0 heterocycles. The van der Waals surface area contributed by atoms with Crippen LogP contribution >= 0.6 is 0 Å². The molecule has 2 aromatic rings. The van der Waals surface area contributed by atoms with Crippen molar-refractivity contribution in [2.45, 2.75) is 20.3 Å². The molecule has 0 saturated heterocycles. The molecule has 0 saturated carbocycles. The Kier molecular flexibility index (Phi) is 5.84. The lowest BCUT2D eigenvalue weighted by Crippen LogP contribution is -2.09. The summed E-state index contributed by atoms with van der Waals surface area (Å²) in [6, 6.07) is 8.64. The number of nitrogens with zero attached hydrogens (tertiary/aromatic N) is 2. The van der Waals surface area contributed by atoms with Gasteiger partial charge in [-0.15, -0.1) is 0 Å². The van der Waals surface area contributed by atoms with E-state index in [2.05, 4.69) is 5.32 Å². The van der Waals surface area contributed by atoms with Gasteiger partial charge in [0.15, 0.2) is 0 Å². The number of hydrogen-bond acceptors (Lipinski definition) is 7. The lowest BCUT2D eigenvalue weighted by atomic mass is 10.1. The zero-order valence-electron chi connectivity index (χ0n) is 14.2. The van der Waals surface area contributed by atoms with Crippen LogP contribution < -0.4 is 5.32 Å². The van der Waals surface area contributed by atoms with Crippen LogP contribution in [-0.2, 0) is 16.0 Å². The van der Waals surface area contributed by atoms with Gasteiger partial charge < -0.3 is 10.1 Å². The normalized spacial score (nSPS) is 10.2. The zero-order chi connectivity index (χ0) is 19.3. The second-order valence-corrected chi connectivity index (χ2v) is 5.46. The van der Waals surface area contributed by atoms with Crippen molar-refractivity contribution in [2.24, 2.45) is 0 Å². The van der Waals surface area contributed by atoms with Gasteiger partial charge >= 0.3 is 5.97 Å². The van der Waals surface area contributed by atoms with Crippen molar-refractivity contribution in [1.82, 2.24) is 0 Å². The third-order valence-corrected chi connectivity index (χ3v) is 3.63. The first kappa shape index (κ1) is 18.8. The minimum absolute atomic E-state index is 0.0912. The Morgan fingerprint density at radius 1 is 1.12 bits per heavy atom. The quantitative estimate of drug-likeness (QED) is 0.454. The van der Waals surface area contributed by atoms with Crippen molar-refractivity contribution in [3.8, 4) is 0 Å². The number of hydrogen-bond donors (Lipinski definition) is 1. The SMILES string of the molecule is CCOC(=O)Cc1ccc(Nc2cc([N+](=O)[O-])ccc2C)cc1[N+](=O)[O-]. The van der Waals surface area contributed by atoms with Crippen LogP contribution in [0.15, 0.2) is 36.4 Å². The van der Waals surface area contributed by atoms with Crippen LogP contribution in [0.2, 0.25) is 0 Å². The molecule has 2 rings (SSSR count). The van der Waals surface area contributed by atoms with Gasteiger partial charge in [0.05, 0.1) is 22.9 Å². The summed E-state index contributed by atoms with van der Waals surface area (Å²) < 4.78 is 4.82. The Labute approximate surface area is 148 Å². The highest BCUT2D eigenvalue weighted by atomic mass is 16.6. The molecule has 0 atom stereocenters. The van der Waals surface area contributed by atoms with Gasteiger partial charge in [-0.25, -0.2) is 0 Å². The lowest BCUT2D eigenvalue weighted by molar-refractivity contribution is -0.385. The average molecular weight is 359 g/mol. The molecule has 0 bridgehead atoms. The molecule has 1 N–H and O–H groups in total.